The summed E-state index contributed by atoms with van der Waals surface area (Å²) in [5.74, 6) is 0. The third kappa shape index (κ3) is 2.58. The average molecular weight is 243 g/mol. The third-order valence-electron chi connectivity index (χ3n) is 2.53. The van der Waals surface area contributed by atoms with Crippen LogP contribution in [0.4, 0.5) is 0 Å². The maximum absolute atomic E-state index is 9.19. The Morgan fingerprint density at radius 1 is 1.35 bits per heavy atom. The van der Waals surface area contributed by atoms with Gasteiger partial charge in [-0.05, 0) is 35.9 Å². The van der Waals surface area contributed by atoms with Crippen molar-refractivity contribution in [3.8, 4) is 6.07 Å². The van der Waals surface area contributed by atoms with Gasteiger partial charge in [0.25, 0.3) is 0 Å². The minimum Gasteiger partial charge on any atom is -0.351 e. The number of benzene rings is 1. The molecule has 2 nitrogen and oxygen atoms in total. The predicted molar refractivity (Wildman–Crippen MR) is 70.3 cm³/mol. The van der Waals surface area contributed by atoms with Crippen LogP contribution in [-0.4, -0.2) is 4.57 Å². The van der Waals surface area contributed by atoms with E-state index < -0.39 is 0 Å². The van der Waals surface area contributed by atoms with Gasteiger partial charge in [-0.25, -0.2) is 0 Å². The number of nitriles is 1. The molecule has 17 heavy (non-hydrogen) atoms. The number of halogens is 1. The lowest BCUT2D eigenvalue weighted by atomic mass is 10.1. The molecule has 0 amide bonds. The summed E-state index contributed by atoms with van der Waals surface area (Å²) in [5.41, 5.74) is 2.43. The highest BCUT2D eigenvalue weighted by Gasteiger charge is 2.02. The highest BCUT2D eigenvalue weighted by molar-refractivity contribution is 6.30. The van der Waals surface area contributed by atoms with E-state index in [1.54, 1.807) is 12.1 Å². The van der Waals surface area contributed by atoms with Crippen LogP contribution in [0.2, 0.25) is 5.02 Å². The molecular formula is C14H11ClN2. The van der Waals surface area contributed by atoms with Crippen LogP contribution < -0.4 is 0 Å². The first kappa shape index (κ1) is 11.5. The number of aryl methyl sites for hydroxylation is 1. The topological polar surface area (TPSA) is 28.7 Å². The first-order valence-electron chi connectivity index (χ1n) is 5.20. The van der Waals surface area contributed by atoms with Crippen LogP contribution in [0, 0.1) is 11.3 Å². The average Bonchev–Trinajstić information content (AvgIpc) is 2.71. The van der Waals surface area contributed by atoms with Crippen LogP contribution in [0.25, 0.3) is 11.6 Å². The minimum absolute atomic E-state index is 0.606. The highest BCUT2D eigenvalue weighted by Crippen LogP contribution is 2.20. The summed E-state index contributed by atoms with van der Waals surface area (Å²) < 4.78 is 1.96. The largest absolute Gasteiger partial charge is 0.351 e. The first-order valence-corrected chi connectivity index (χ1v) is 5.57. The lowest BCUT2D eigenvalue weighted by molar-refractivity contribution is 0.915. The van der Waals surface area contributed by atoms with Crippen molar-refractivity contribution in [1.29, 1.82) is 5.26 Å². The Morgan fingerprint density at radius 3 is 2.76 bits per heavy atom. The fraction of sp³-hybridized carbons (Fsp3) is 0.0714. The standard InChI is InChI=1S/C14H11ClN2/c1-17-7-3-6-14(17)9-12(10-16)11-4-2-5-13(15)8-11/h2-9H,1H3/b12-9-. The van der Waals surface area contributed by atoms with Gasteiger partial charge in [0, 0.05) is 24.0 Å². The molecule has 2 aromatic rings. The zero-order valence-corrected chi connectivity index (χ0v) is 10.1. The van der Waals surface area contributed by atoms with Crippen LogP contribution in [0.15, 0.2) is 42.6 Å². The Kier molecular flexibility index (Phi) is 3.32. The molecule has 2 rings (SSSR count). The summed E-state index contributed by atoms with van der Waals surface area (Å²) >= 11 is 5.92. The molecule has 0 fully saturated rings. The highest BCUT2D eigenvalue weighted by atomic mass is 35.5. The number of hydrogen-bond donors (Lipinski definition) is 0. The molecule has 0 aliphatic rings. The zero-order valence-electron chi connectivity index (χ0n) is 9.39. The first-order chi connectivity index (χ1) is 8.20. The molecular weight excluding hydrogens is 232 g/mol. The molecule has 0 saturated heterocycles. The molecule has 84 valence electrons. The Hall–Kier alpha value is -1.98. The summed E-state index contributed by atoms with van der Waals surface area (Å²) in [4.78, 5) is 0. The lowest BCUT2D eigenvalue weighted by Gasteiger charge is -2.01. The molecule has 0 atom stereocenters. The number of hydrogen-bond acceptors (Lipinski definition) is 1. The Morgan fingerprint density at radius 2 is 2.18 bits per heavy atom. The van der Waals surface area contributed by atoms with E-state index in [1.807, 2.05) is 48.2 Å². The van der Waals surface area contributed by atoms with E-state index in [4.69, 9.17) is 11.6 Å². The summed E-state index contributed by atoms with van der Waals surface area (Å²) in [5, 5.41) is 9.82. The molecule has 0 aliphatic carbocycles. The second-order valence-electron chi connectivity index (χ2n) is 3.72. The summed E-state index contributed by atoms with van der Waals surface area (Å²) in [6, 6.07) is 13.4. The van der Waals surface area contributed by atoms with Crippen LogP contribution in [0.3, 0.4) is 0 Å². The molecule has 0 N–H and O–H groups in total. The molecule has 3 heteroatoms. The van der Waals surface area contributed by atoms with Crippen molar-refractivity contribution in [2.24, 2.45) is 7.05 Å². The smallest absolute Gasteiger partial charge is 0.0998 e. The van der Waals surface area contributed by atoms with Crippen LogP contribution in [0.5, 0.6) is 0 Å². The molecule has 1 heterocycles. The number of allylic oxidation sites excluding steroid dienone is 1. The maximum atomic E-state index is 9.19. The SMILES string of the molecule is Cn1cccc1/C=C(/C#N)c1cccc(Cl)c1. The van der Waals surface area contributed by atoms with Gasteiger partial charge in [0.1, 0.15) is 0 Å². The molecule has 1 aromatic carbocycles. The van der Waals surface area contributed by atoms with Crippen LogP contribution in [0.1, 0.15) is 11.3 Å². The summed E-state index contributed by atoms with van der Waals surface area (Å²) in [6.07, 6.45) is 3.80. The molecule has 0 spiro atoms. The van der Waals surface area contributed by atoms with Gasteiger partial charge in [-0.1, -0.05) is 23.7 Å². The molecule has 0 radical (unpaired) electrons. The quantitative estimate of drug-likeness (QED) is 0.738. The van der Waals surface area contributed by atoms with E-state index in [9.17, 15) is 5.26 Å². The fourth-order valence-corrected chi connectivity index (χ4v) is 1.80. The molecule has 1 aromatic heterocycles. The summed E-state index contributed by atoms with van der Waals surface area (Å²) in [6.45, 7) is 0. The van der Waals surface area contributed by atoms with E-state index in [-0.39, 0.29) is 0 Å². The van der Waals surface area contributed by atoms with Gasteiger partial charge < -0.3 is 4.57 Å². The second kappa shape index (κ2) is 4.90. The predicted octanol–water partition coefficient (Wildman–Crippen LogP) is 3.74. The van der Waals surface area contributed by atoms with Crippen LogP contribution in [-0.2, 0) is 7.05 Å². The Balaban J connectivity index is 2.45. The van der Waals surface area contributed by atoms with Gasteiger partial charge in [0.2, 0.25) is 0 Å². The molecule has 0 bridgehead atoms. The van der Waals surface area contributed by atoms with E-state index in [0.717, 1.165) is 11.3 Å². The van der Waals surface area contributed by atoms with Crippen molar-refractivity contribution in [3.05, 3.63) is 58.9 Å². The van der Waals surface area contributed by atoms with E-state index in [2.05, 4.69) is 6.07 Å². The zero-order chi connectivity index (χ0) is 12.3. The van der Waals surface area contributed by atoms with Gasteiger partial charge in [0.05, 0.1) is 11.6 Å². The van der Waals surface area contributed by atoms with Gasteiger partial charge in [-0.3, -0.25) is 0 Å². The number of nitrogens with zero attached hydrogens (tertiary/aromatic N) is 2. The lowest BCUT2D eigenvalue weighted by Crippen LogP contribution is -1.89. The molecule has 0 aliphatic heterocycles. The van der Waals surface area contributed by atoms with E-state index in [1.165, 1.54) is 0 Å². The Labute approximate surface area is 105 Å². The maximum Gasteiger partial charge on any atom is 0.0998 e. The Bertz CT molecular complexity index is 603. The van der Waals surface area contributed by atoms with Crippen molar-refractivity contribution in [3.63, 3.8) is 0 Å². The summed E-state index contributed by atoms with van der Waals surface area (Å²) in [7, 11) is 1.94. The third-order valence-corrected chi connectivity index (χ3v) is 2.77. The normalized spacial score (nSPS) is 11.2. The second-order valence-corrected chi connectivity index (χ2v) is 4.16. The van der Waals surface area contributed by atoms with Crippen molar-refractivity contribution < 1.29 is 0 Å². The fourth-order valence-electron chi connectivity index (χ4n) is 1.61. The van der Waals surface area contributed by atoms with Gasteiger partial charge in [0.15, 0.2) is 0 Å². The van der Waals surface area contributed by atoms with Gasteiger partial charge in [-0.15, -0.1) is 0 Å². The van der Waals surface area contributed by atoms with Gasteiger partial charge >= 0.3 is 0 Å². The van der Waals surface area contributed by atoms with Gasteiger partial charge in [-0.2, -0.15) is 5.26 Å². The molecule has 0 unspecified atom stereocenters. The van der Waals surface area contributed by atoms with Crippen molar-refractivity contribution >= 4 is 23.3 Å². The molecule has 0 saturated carbocycles. The number of rotatable bonds is 2. The van der Waals surface area contributed by atoms with Crippen LogP contribution >= 0.6 is 11.6 Å². The monoisotopic (exact) mass is 242 g/mol. The van der Waals surface area contributed by atoms with Crippen molar-refractivity contribution in [1.82, 2.24) is 4.57 Å². The minimum atomic E-state index is 0.606. The van der Waals surface area contributed by atoms with Crippen molar-refractivity contribution in [2.45, 2.75) is 0 Å². The number of aromatic nitrogens is 1. The van der Waals surface area contributed by atoms with E-state index in [0.29, 0.717) is 10.6 Å². The van der Waals surface area contributed by atoms with E-state index >= 15 is 0 Å². The van der Waals surface area contributed by atoms with Crippen molar-refractivity contribution in [2.75, 3.05) is 0 Å².